The van der Waals surface area contributed by atoms with E-state index in [-0.39, 0.29) is 30.2 Å². The van der Waals surface area contributed by atoms with E-state index in [1.807, 2.05) is 30.9 Å². The van der Waals surface area contributed by atoms with Gasteiger partial charge >= 0.3 is 0 Å². The van der Waals surface area contributed by atoms with Crippen LogP contribution in [-0.4, -0.2) is 42.3 Å². The third-order valence-electron chi connectivity index (χ3n) is 4.89. The van der Waals surface area contributed by atoms with Gasteiger partial charge in [0.1, 0.15) is 0 Å². The zero-order valence-electron chi connectivity index (χ0n) is 17.4. The molecule has 0 radical (unpaired) electrons. The molecular weight excluding hydrogens is 380 g/mol. The summed E-state index contributed by atoms with van der Waals surface area (Å²) in [5, 5.41) is 8.68. The first-order chi connectivity index (χ1) is 14.4. The SMILES string of the molecule is CC(C)C(=O)Nc1cccc(NC(=O)CNc2cccc(C(=O)N3CCCC3)c2)c1. The predicted octanol–water partition coefficient (Wildman–Crippen LogP) is 3.57. The summed E-state index contributed by atoms with van der Waals surface area (Å²) in [5.74, 6) is -0.400. The first-order valence-corrected chi connectivity index (χ1v) is 10.3. The Hall–Kier alpha value is -3.35. The molecule has 2 aromatic rings. The average molecular weight is 409 g/mol. The molecule has 1 fully saturated rings. The Kier molecular flexibility index (Phi) is 7.06. The number of nitrogens with zero attached hydrogens (tertiary/aromatic N) is 1. The number of anilines is 3. The molecule has 0 saturated carbocycles. The molecule has 2 aromatic carbocycles. The molecule has 0 aromatic heterocycles. The van der Waals surface area contributed by atoms with E-state index in [9.17, 15) is 14.4 Å². The van der Waals surface area contributed by atoms with Crippen LogP contribution in [0.3, 0.4) is 0 Å². The molecule has 1 aliphatic rings. The second-order valence-corrected chi connectivity index (χ2v) is 7.71. The quantitative estimate of drug-likeness (QED) is 0.653. The van der Waals surface area contributed by atoms with Crippen LogP contribution < -0.4 is 16.0 Å². The first kappa shape index (κ1) is 21.4. The lowest BCUT2D eigenvalue weighted by Gasteiger charge is -2.16. The fourth-order valence-corrected chi connectivity index (χ4v) is 3.21. The number of hydrogen-bond donors (Lipinski definition) is 3. The summed E-state index contributed by atoms with van der Waals surface area (Å²) in [6, 6.07) is 14.2. The van der Waals surface area contributed by atoms with Crippen LogP contribution in [0.15, 0.2) is 48.5 Å². The maximum atomic E-state index is 12.5. The molecule has 1 saturated heterocycles. The van der Waals surface area contributed by atoms with Gasteiger partial charge < -0.3 is 20.9 Å². The molecule has 7 nitrogen and oxygen atoms in total. The zero-order chi connectivity index (χ0) is 21.5. The van der Waals surface area contributed by atoms with Crippen LogP contribution in [0, 0.1) is 5.92 Å². The molecule has 3 amide bonds. The molecule has 3 rings (SSSR count). The van der Waals surface area contributed by atoms with Crippen LogP contribution in [0.5, 0.6) is 0 Å². The summed E-state index contributed by atoms with van der Waals surface area (Å²) in [4.78, 5) is 38.5. The van der Waals surface area contributed by atoms with Crippen LogP contribution in [-0.2, 0) is 9.59 Å². The predicted molar refractivity (Wildman–Crippen MR) is 119 cm³/mol. The molecule has 0 atom stereocenters. The highest BCUT2D eigenvalue weighted by molar-refractivity contribution is 5.97. The van der Waals surface area contributed by atoms with E-state index in [2.05, 4.69) is 16.0 Å². The van der Waals surface area contributed by atoms with Gasteiger partial charge in [-0.3, -0.25) is 14.4 Å². The van der Waals surface area contributed by atoms with E-state index in [4.69, 9.17) is 0 Å². The van der Waals surface area contributed by atoms with Crippen molar-refractivity contribution in [2.24, 2.45) is 5.92 Å². The van der Waals surface area contributed by atoms with Crippen molar-refractivity contribution in [3.63, 3.8) is 0 Å². The van der Waals surface area contributed by atoms with Crippen LogP contribution in [0.4, 0.5) is 17.1 Å². The fraction of sp³-hybridized carbons (Fsp3) is 0.348. The average Bonchev–Trinajstić information content (AvgIpc) is 3.27. The Bertz CT molecular complexity index is 920. The van der Waals surface area contributed by atoms with Crippen molar-refractivity contribution >= 4 is 34.8 Å². The molecule has 0 aliphatic carbocycles. The third-order valence-corrected chi connectivity index (χ3v) is 4.89. The normalized spacial score (nSPS) is 13.2. The highest BCUT2D eigenvalue weighted by Gasteiger charge is 2.19. The van der Waals surface area contributed by atoms with E-state index in [1.54, 1.807) is 36.4 Å². The molecule has 1 heterocycles. The van der Waals surface area contributed by atoms with Gasteiger partial charge in [-0.2, -0.15) is 0 Å². The van der Waals surface area contributed by atoms with Crippen LogP contribution in [0.2, 0.25) is 0 Å². The Morgan fingerprint density at radius 2 is 1.53 bits per heavy atom. The highest BCUT2D eigenvalue weighted by Crippen LogP contribution is 2.18. The molecule has 1 aliphatic heterocycles. The van der Waals surface area contributed by atoms with E-state index in [0.717, 1.165) is 25.9 Å². The Balaban J connectivity index is 1.54. The molecule has 0 bridgehead atoms. The number of hydrogen-bond acceptors (Lipinski definition) is 4. The van der Waals surface area contributed by atoms with E-state index in [0.29, 0.717) is 22.6 Å². The largest absolute Gasteiger partial charge is 0.376 e. The van der Waals surface area contributed by atoms with Gasteiger partial charge in [0.2, 0.25) is 11.8 Å². The number of amides is 3. The Morgan fingerprint density at radius 1 is 0.900 bits per heavy atom. The van der Waals surface area contributed by atoms with E-state index >= 15 is 0 Å². The number of rotatable bonds is 7. The summed E-state index contributed by atoms with van der Waals surface area (Å²) in [7, 11) is 0. The number of carbonyl (C=O) groups is 3. The number of benzene rings is 2. The number of likely N-dealkylation sites (tertiary alicyclic amines) is 1. The maximum Gasteiger partial charge on any atom is 0.253 e. The molecule has 7 heteroatoms. The summed E-state index contributed by atoms with van der Waals surface area (Å²) in [6.45, 7) is 5.30. The van der Waals surface area contributed by atoms with Gasteiger partial charge in [-0.15, -0.1) is 0 Å². The second kappa shape index (κ2) is 9.91. The van der Waals surface area contributed by atoms with E-state index in [1.165, 1.54) is 0 Å². The summed E-state index contributed by atoms with van der Waals surface area (Å²) in [5.41, 5.74) is 2.57. The van der Waals surface area contributed by atoms with Crippen molar-refractivity contribution in [1.82, 2.24) is 4.90 Å². The summed E-state index contributed by atoms with van der Waals surface area (Å²) >= 11 is 0. The van der Waals surface area contributed by atoms with Crippen LogP contribution in [0.25, 0.3) is 0 Å². The lowest BCUT2D eigenvalue weighted by atomic mass is 10.1. The van der Waals surface area contributed by atoms with Crippen molar-refractivity contribution < 1.29 is 14.4 Å². The highest BCUT2D eigenvalue weighted by atomic mass is 16.2. The smallest absolute Gasteiger partial charge is 0.253 e. The minimum Gasteiger partial charge on any atom is -0.376 e. The monoisotopic (exact) mass is 408 g/mol. The number of carbonyl (C=O) groups excluding carboxylic acids is 3. The van der Waals surface area contributed by atoms with Crippen molar-refractivity contribution in [2.45, 2.75) is 26.7 Å². The van der Waals surface area contributed by atoms with Gasteiger partial charge in [0.15, 0.2) is 0 Å². The van der Waals surface area contributed by atoms with Crippen molar-refractivity contribution in [3.8, 4) is 0 Å². The lowest BCUT2D eigenvalue weighted by Crippen LogP contribution is -2.27. The standard InChI is InChI=1S/C23H28N4O3/c1-16(2)22(29)26-20-10-6-9-19(14-20)25-21(28)15-24-18-8-5-7-17(13-18)23(30)27-11-3-4-12-27/h5-10,13-14,16,24H,3-4,11-12,15H2,1-2H3,(H,25,28)(H,26,29). The van der Waals surface area contributed by atoms with Crippen molar-refractivity contribution in [2.75, 3.05) is 35.6 Å². The summed E-state index contributed by atoms with van der Waals surface area (Å²) in [6.07, 6.45) is 2.10. The minimum absolute atomic E-state index is 0.0286. The Morgan fingerprint density at radius 3 is 2.23 bits per heavy atom. The molecular formula is C23H28N4O3. The third kappa shape index (κ3) is 5.83. The van der Waals surface area contributed by atoms with Crippen molar-refractivity contribution in [1.29, 1.82) is 0 Å². The van der Waals surface area contributed by atoms with Crippen LogP contribution >= 0.6 is 0 Å². The maximum absolute atomic E-state index is 12.5. The van der Waals surface area contributed by atoms with E-state index < -0.39 is 0 Å². The molecule has 0 spiro atoms. The van der Waals surface area contributed by atoms with Gasteiger partial charge in [-0.25, -0.2) is 0 Å². The van der Waals surface area contributed by atoms with Gasteiger partial charge in [0, 0.05) is 41.6 Å². The molecule has 0 unspecified atom stereocenters. The Labute approximate surface area is 176 Å². The first-order valence-electron chi connectivity index (χ1n) is 10.3. The lowest BCUT2D eigenvalue weighted by molar-refractivity contribution is -0.119. The minimum atomic E-state index is -0.224. The van der Waals surface area contributed by atoms with Gasteiger partial charge in [-0.1, -0.05) is 26.0 Å². The van der Waals surface area contributed by atoms with Gasteiger partial charge in [-0.05, 0) is 49.2 Å². The summed E-state index contributed by atoms with van der Waals surface area (Å²) < 4.78 is 0. The van der Waals surface area contributed by atoms with Crippen molar-refractivity contribution in [3.05, 3.63) is 54.1 Å². The second-order valence-electron chi connectivity index (χ2n) is 7.71. The van der Waals surface area contributed by atoms with Crippen LogP contribution in [0.1, 0.15) is 37.0 Å². The number of nitrogens with one attached hydrogen (secondary N) is 3. The van der Waals surface area contributed by atoms with Gasteiger partial charge in [0.05, 0.1) is 6.54 Å². The van der Waals surface area contributed by atoms with Gasteiger partial charge in [0.25, 0.3) is 5.91 Å². The zero-order valence-corrected chi connectivity index (χ0v) is 17.4. The fourth-order valence-electron chi connectivity index (χ4n) is 3.21. The molecule has 3 N–H and O–H groups in total. The topological polar surface area (TPSA) is 90.5 Å². The molecule has 30 heavy (non-hydrogen) atoms. The molecule has 158 valence electrons.